The second-order valence-corrected chi connectivity index (χ2v) is 9.19. The van der Waals surface area contributed by atoms with Gasteiger partial charge in [0.2, 0.25) is 0 Å². The number of rotatable bonds is 2. The van der Waals surface area contributed by atoms with E-state index in [2.05, 4.69) is 78.9 Å². The molecule has 0 radical (unpaired) electrons. The van der Waals surface area contributed by atoms with Crippen molar-refractivity contribution in [1.29, 1.82) is 0 Å². The Morgan fingerprint density at radius 2 is 1.26 bits per heavy atom. The molecule has 0 N–H and O–H groups in total. The van der Waals surface area contributed by atoms with Crippen molar-refractivity contribution in [2.24, 2.45) is 0 Å². The molecule has 34 heavy (non-hydrogen) atoms. The van der Waals surface area contributed by atoms with Crippen LogP contribution in [0.3, 0.4) is 0 Å². The van der Waals surface area contributed by atoms with Gasteiger partial charge in [0.15, 0.2) is 0 Å². The van der Waals surface area contributed by atoms with Crippen molar-refractivity contribution in [2.45, 2.75) is 5.41 Å². The molecular weight excluding hydrogens is 443 g/mol. The number of halogens is 2. The molecule has 0 amide bonds. The predicted octanol–water partition coefficient (Wildman–Crippen LogP) is 8.74. The van der Waals surface area contributed by atoms with E-state index in [0.717, 1.165) is 16.5 Å². The van der Waals surface area contributed by atoms with E-state index in [0.29, 0.717) is 21.6 Å². The topological polar surface area (TPSA) is 13.1 Å². The summed E-state index contributed by atoms with van der Waals surface area (Å²) in [6.07, 6.45) is 0. The molecule has 1 heterocycles. The fraction of sp³-hybridized carbons (Fsp3) is 0.0323. The highest BCUT2D eigenvalue weighted by molar-refractivity contribution is 6.37. The van der Waals surface area contributed by atoms with Gasteiger partial charge in [0.25, 0.3) is 0 Å². The summed E-state index contributed by atoms with van der Waals surface area (Å²) in [5.41, 5.74) is 7.74. The Kier molecular flexibility index (Phi) is 4.06. The highest BCUT2D eigenvalue weighted by atomic mass is 35.5. The van der Waals surface area contributed by atoms with Gasteiger partial charge in [-0.15, -0.1) is 0 Å². The molecule has 0 saturated carbocycles. The van der Waals surface area contributed by atoms with E-state index in [9.17, 15) is 4.39 Å². The SMILES string of the molecule is Fc1ccc2oc3cc(C4(c5ccccc5)c5ccccc5-c5ccccc54)cc(Cl)c3c2c1. The van der Waals surface area contributed by atoms with Crippen molar-refractivity contribution in [1.82, 2.24) is 0 Å². The third-order valence-electron chi connectivity index (χ3n) is 7.08. The summed E-state index contributed by atoms with van der Waals surface area (Å²) in [5.74, 6) is -0.310. The highest BCUT2D eigenvalue weighted by Crippen LogP contribution is 2.56. The van der Waals surface area contributed by atoms with Crippen LogP contribution in [0.25, 0.3) is 33.1 Å². The summed E-state index contributed by atoms with van der Waals surface area (Å²) in [7, 11) is 0. The average Bonchev–Trinajstić information content (AvgIpc) is 3.38. The van der Waals surface area contributed by atoms with E-state index >= 15 is 0 Å². The summed E-state index contributed by atoms with van der Waals surface area (Å²) in [6.45, 7) is 0. The Labute approximate surface area is 201 Å². The minimum Gasteiger partial charge on any atom is -0.456 e. The molecule has 3 heteroatoms. The third-order valence-corrected chi connectivity index (χ3v) is 7.38. The van der Waals surface area contributed by atoms with Gasteiger partial charge in [-0.05, 0) is 63.7 Å². The van der Waals surface area contributed by atoms with Crippen LogP contribution < -0.4 is 0 Å². The zero-order chi connectivity index (χ0) is 22.9. The van der Waals surface area contributed by atoms with Crippen LogP contribution >= 0.6 is 11.6 Å². The number of hydrogen-bond acceptors (Lipinski definition) is 1. The van der Waals surface area contributed by atoms with Crippen LogP contribution in [-0.2, 0) is 5.41 Å². The first-order valence-corrected chi connectivity index (χ1v) is 11.6. The van der Waals surface area contributed by atoms with Crippen LogP contribution in [0.4, 0.5) is 4.39 Å². The van der Waals surface area contributed by atoms with E-state index in [1.165, 1.54) is 34.4 Å². The van der Waals surface area contributed by atoms with Gasteiger partial charge in [-0.2, -0.15) is 0 Å². The van der Waals surface area contributed by atoms with Gasteiger partial charge >= 0.3 is 0 Å². The van der Waals surface area contributed by atoms with Crippen LogP contribution in [0.5, 0.6) is 0 Å². The molecule has 0 aliphatic heterocycles. The van der Waals surface area contributed by atoms with E-state index in [1.807, 2.05) is 12.1 Å². The highest BCUT2D eigenvalue weighted by Gasteiger charge is 2.46. The molecule has 0 saturated heterocycles. The first-order chi connectivity index (χ1) is 16.7. The van der Waals surface area contributed by atoms with Gasteiger partial charge < -0.3 is 4.42 Å². The summed E-state index contributed by atoms with van der Waals surface area (Å²) >= 11 is 6.93. The fourth-order valence-electron chi connectivity index (χ4n) is 5.76. The number of fused-ring (bicyclic) bond motifs is 6. The molecule has 1 aliphatic rings. The summed E-state index contributed by atoms with van der Waals surface area (Å²) in [4.78, 5) is 0. The molecule has 1 aromatic heterocycles. The van der Waals surface area contributed by atoms with Crippen LogP contribution in [0.15, 0.2) is 114 Å². The van der Waals surface area contributed by atoms with E-state index < -0.39 is 5.41 Å². The average molecular weight is 461 g/mol. The molecule has 1 nitrogen and oxygen atoms in total. The molecule has 6 aromatic rings. The lowest BCUT2D eigenvalue weighted by Crippen LogP contribution is -2.28. The maximum absolute atomic E-state index is 14.0. The van der Waals surface area contributed by atoms with Crippen molar-refractivity contribution in [2.75, 3.05) is 0 Å². The first-order valence-electron chi connectivity index (χ1n) is 11.2. The van der Waals surface area contributed by atoms with Crippen molar-refractivity contribution < 1.29 is 8.81 Å². The van der Waals surface area contributed by atoms with Gasteiger partial charge in [0.1, 0.15) is 17.0 Å². The Morgan fingerprint density at radius 3 is 1.97 bits per heavy atom. The summed E-state index contributed by atoms with van der Waals surface area (Å²) < 4.78 is 20.2. The lowest BCUT2D eigenvalue weighted by molar-refractivity contribution is 0.626. The van der Waals surface area contributed by atoms with Crippen molar-refractivity contribution in [3.63, 3.8) is 0 Å². The first kappa shape index (κ1) is 19.6. The molecule has 0 atom stereocenters. The monoisotopic (exact) mass is 460 g/mol. The predicted molar refractivity (Wildman–Crippen MR) is 136 cm³/mol. The van der Waals surface area contributed by atoms with Gasteiger partial charge in [-0.3, -0.25) is 0 Å². The van der Waals surface area contributed by atoms with Gasteiger partial charge in [0, 0.05) is 10.8 Å². The van der Waals surface area contributed by atoms with Crippen molar-refractivity contribution >= 4 is 33.5 Å². The van der Waals surface area contributed by atoms with E-state index in [1.54, 1.807) is 6.07 Å². The van der Waals surface area contributed by atoms with E-state index in [-0.39, 0.29) is 5.82 Å². The number of benzene rings is 5. The fourth-order valence-corrected chi connectivity index (χ4v) is 6.07. The molecule has 0 spiro atoms. The Bertz CT molecular complexity index is 1690. The van der Waals surface area contributed by atoms with Gasteiger partial charge in [-0.1, -0.05) is 90.5 Å². The lowest BCUT2D eigenvalue weighted by atomic mass is 9.67. The third kappa shape index (κ3) is 2.49. The molecule has 5 aromatic carbocycles. The maximum atomic E-state index is 14.0. The summed E-state index contributed by atoms with van der Waals surface area (Å²) in [5, 5.41) is 1.98. The zero-order valence-electron chi connectivity index (χ0n) is 18.1. The summed E-state index contributed by atoms with van der Waals surface area (Å²) in [6, 6.07) is 36.3. The van der Waals surface area contributed by atoms with Gasteiger partial charge in [-0.25, -0.2) is 4.39 Å². The second-order valence-electron chi connectivity index (χ2n) is 8.78. The van der Waals surface area contributed by atoms with Crippen molar-refractivity contribution in [3.8, 4) is 11.1 Å². The zero-order valence-corrected chi connectivity index (χ0v) is 18.8. The largest absolute Gasteiger partial charge is 0.456 e. The van der Waals surface area contributed by atoms with Crippen LogP contribution in [0, 0.1) is 5.82 Å². The minimum absolute atomic E-state index is 0.310. The molecule has 1 aliphatic carbocycles. The minimum atomic E-state index is -0.559. The Balaban J connectivity index is 1.64. The van der Waals surface area contributed by atoms with Crippen LogP contribution in [0.1, 0.15) is 22.3 Å². The van der Waals surface area contributed by atoms with Crippen molar-refractivity contribution in [3.05, 3.63) is 142 Å². The molecule has 7 rings (SSSR count). The quantitative estimate of drug-likeness (QED) is 0.251. The van der Waals surface area contributed by atoms with Crippen LogP contribution in [-0.4, -0.2) is 0 Å². The lowest BCUT2D eigenvalue weighted by Gasteiger charge is -2.34. The molecule has 0 unspecified atom stereocenters. The standard InChI is InChI=1S/C31H18ClFO/c32-27-16-20(17-29-30(27)24-18-21(33)14-15-28(24)34-29)31(19-8-2-1-3-9-19)25-12-6-4-10-22(25)23-11-5-7-13-26(23)31/h1-18H. The Hall–Kier alpha value is -3.88. The van der Waals surface area contributed by atoms with Crippen LogP contribution in [0.2, 0.25) is 5.02 Å². The number of hydrogen-bond donors (Lipinski definition) is 0. The second kappa shape index (κ2) is 7.06. The molecule has 162 valence electrons. The molecular formula is C31H18ClFO. The van der Waals surface area contributed by atoms with E-state index in [4.69, 9.17) is 16.0 Å². The Morgan fingerprint density at radius 1 is 0.618 bits per heavy atom. The molecule has 0 bridgehead atoms. The van der Waals surface area contributed by atoms with Gasteiger partial charge in [0.05, 0.1) is 10.4 Å². The molecule has 0 fully saturated rings. The normalized spacial score (nSPS) is 13.8. The number of furan rings is 1. The maximum Gasteiger partial charge on any atom is 0.137 e. The smallest absolute Gasteiger partial charge is 0.137 e.